The van der Waals surface area contributed by atoms with Gasteiger partial charge in [-0.05, 0) is 173 Å². The maximum Gasteiger partial charge on any atom is 0.254 e. The lowest BCUT2D eigenvalue weighted by atomic mass is 9.92. The number of ketones is 2. The van der Waals surface area contributed by atoms with Crippen LogP contribution in [0.15, 0.2) is 97.1 Å². The fraction of sp³-hybridized carbons (Fsp3) is 0.452. The number of nitrogens with zero attached hydrogens (tertiary/aromatic N) is 2. The van der Waals surface area contributed by atoms with Crippen molar-refractivity contribution < 1.29 is 67.4 Å². The SMILES string of the molecule is C#Cc1ccc(CO[C@H](C)CO)cc1.CNC(=O)[C@@](C)(C(=O)COC1CCCCO1)N(C)C(=O)c1ccc(C#Cc2ccc(CO[C@H](C)CO)cc2)cc1.CNC(=O)[C@@](C)(C(=O)COC1CCCCO1)N(C)C(=O)c1ccc(I)cc1. The molecular weight excluding hydrogens is 1150 g/mol. The minimum absolute atomic E-state index is 0.0269. The van der Waals surface area contributed by atoms with Crippen molar-refractivity contribution in [2.75, 3.05) is 67.8 Å². The Bertz CT molecular complexity index is 2770. The van der Waals surface area contributed by atoms with E-state index in [2.05, 4.69) is 51.0 Å². The lowest BCUT2D eigenvalue weighted by Gasteiger charge is -2.36. The molecule has 0 aliphatic carbocycles. The number of Topliss-reactive ketones (excluding diaryl/α,β-unsaturated/α-hetero) is 2. The van der Waals surface area contributed by atoms with Gasteiger partial charge in [-0.2, -0.15) is 0 Å². The van der Waals surface area contributed by atoms with Crippen molar-refractivity contribution in [3.8, 4) is 24.2 Å². The van der Waals surface area contributed by atoms with Crippen LogP contribution in [0.2, 0.25) is 0 Å². The van der Waals surface area contributed by atoms with Gasteiger partial charge in [-0.3, -0.25) is 28.8 Å². The monoisotopic (exact) mass is 1230 g/mol. The number of likely N-dealkylation sites (N-methyl/N-ethyl adjacent to an activating group) is 4. The summed E-state index contributed by atoms with van der Waals surface area (Å²) in [5.74, 6) is 5.59. The van der Waals surface area contributed by atoms with Crippen LogP contribution in [0.5, 0.6) is 0 Å². The molecule has 0 aromatic heterocycles. The van der Waals surface area contributed by atoms with Gasteiger partial charge in [-0.15, -0.1) is 6.42 Å². The highest BCUT2D eigenvalue weighted by atomic mass is 127. The molecule has 2 unspecified atom stereocenters. The first-order valence-corrected chi connectivity index (χ1v) is 27.8. The summed E-state index contributed by atoms with van der Waals surface area (Å²) >= 11 is 2.14. The van der Waals surface area contributed by atoms with Gasteiger partial charge in [0.05, 0.1) is 38.6 Å². The normalized spacial score (nSPS) is 16.9. The first kappa shape index (κ1) is 67.1. The number of aliphatic hydroxyl groups is 2. The van der Waals surface area contributed by atoms with Crippen LogP contribution < -0.4 is 10.6 Å². The van der Waals surface area contributed by atoms with Gasteiger partial charge < -0.3 is 59.1 Å². The molecule has 2 aliphatic heterocycles. The Kier molecular flexibility index (Phi) is 28.3. The fourth-order valence-electron chi connectivity index (χ4n) is 7.91. The summed E-state index contributed by atoms with van der Waals surface area (Å²) in [4.78, 5) is 80.0. The van der Waals surface area contributed by atoms with Gasteiger partial charge in [-0.25, -0.2) is 0 Å². The van der Waals surface area contributed by atoms with Crippen LogP contribution in [0.4, 0.5) is 0 Å². The van der Waals surface area contributed by atoms with Gasteiger partial charge in [0.1, 0.15) is 13.2 Å². The molecule has 4 aromatic rings. The third-order valence-electron chi connectivity index (χ3n) is 13.7. The van der Waals surface area contributed by atoms with E-state index < -0.39 is 58.9 Å². The molecule has 6 rings (SSSR count). The summed E-state index contributed by atoms with van der Waals surface area (Å²) in [6.07, 6.45) is 9.16. The van der Waals surface area contributed by atoms with Crippen molar-refractivity contribution >= 4 is 57.8 Å². The summed E-state index contributed by atoms with van der Waals surface area (Å²) in [5, 5.41) is 22.8. The summed E-state index contributed by atoms with van der Waals surface area (Å²) in [6.45, 7) is 7.92. The number of benzene rings is 4. The lowest BCUT2D eigenvalue weighted by Crippen LogP contribution is -2.62. The van der Waals surface area contributed by atoms with E-state index in [1.165, 1.54) is 46.9 Å². The summed E-state index contributed by atoms with van der Waals surface area (Å²) in [5.41, 5.74) is 1.68. The van der Waals surface area contributed by atoms with Crippen LogP contribution in [0.3, 0.4) is 0 Å². The number of amides is 4. The number of carbonyl (C=O) groups excluding carboxylic acids is 6. The quantitative estimate of drug-likeness (QED) is 0.0390. The van der Waals surface area contributed by atoms with E-state index in [1.807, 2.05) is 55.5 Å². The van der Waals surface area contributed by atoms with E-state index in [9.17, 15) is 28.8 Å². The molecule has 2 aliphatic rings. The predicted octanol–water partition coefficient (Wildman–Crippen LogP) is 6.22. The highest BCUT2D eigenvalue weighted by Gasteiger charge is 2.48. The molecule has 436 valence electrons. The van der Waals surface area contributed by atoms with Gasteiger partial charge in [0.25, 0.3) is 23.6 Å². The molecule has 6 atom stereocenters. The predicted molar refractivity (Wildman–Crippen MR) is 313 cm³/mol. The number of halogens is 1. The molecular formula is C62H77IN4O14. The number of hydrogen-bond donors (Lipinski definition) is 4. The number of ether oxygens (including phenoxy) is 6. The van der Waals surface area contributed by atoms with Crippen molar-refractivity contribution in [1.29, 1.82) is 0 Å². The average molecular weight is 1230 g/mol. The maximum absolute atomic E-state index is 13.3. The van der Waals surface area contributed by atoms with E-state index in [4.69, 9.17) is 45.1 Å². The summed E-state index contributed by atoms with van der Waals surface area (Å²) in [6, 6.07) is 28.8. The molecule has 2 heterocycles. The third kappa shape index (κ3) is 20.2. The molecule has 4 amide bonds. The molecule has 4 aromatic carbocycles. The molecule has 0 bridgehead atoms. The van der Waals surface area contributed by atoms with Crippen molar-refractivity contribution in [2.24, 2.45) is 0 Å². The Morgan fingerprint density at radius 3 is 1.31 bits per heavy atom. The molecule has 0 spiro atoms. The smallest absolute Gasteiger partial charge is 0.254 e. The minimum atomic E-state index is -1.77. The number of rotatable bonds is 22. The van der Waals surface area contributed by atoms with Gasteiger partial charge >= 0.3 is 0 Å². The Morgan fingerprint density at radius 2 is 0.975 bits per heavy atom. The number of aliphatic hydroxyl groups excluding tert-OH is 2. The van der Waals surface area contributed by atoms with Crippen molar-refractivity contribution in [3.63, 3.8) is 0 Å². The maximum atomic E-state index is 13.3. The Balaban J connectivity index is 0.000000294. The third-order valence-corrected chi connectivity index (χ3v) is 14.4. The number of nitrogens with one attached hydrogen (secondary N) is 2. The fourth-order valence-corrected chi connectivity index (χ4v) is 8.27. The van der Waals surface area contributed by atoms with E-state index in [1.54, 1.807) is 55.5 Å². The van der Waals surface area contributed by atoms with E-state index in [0.29, 0.717) is 56.0 Å². The average Bonchev–Trinajstić information content (AvgIpc) is 3.59. The molecule has 2 saturated heterocycles. The van der Waals surface area contributed by atoms with Crippen LogP contribution >= 0.6 is 22.6 Å². The Labute approximate surface area is 490 Å². The first-order chi connectivity index (χ1) is 38.7. The zero-order chi connectivity index (χ0) is 59.5. The molecule has 0 saturated carbocycles. The Hall–Kier alpha value is -6.37. The van der Waals surface area contributed by atoms with Crippen LogP contribution in [-0.2, 0) is 60.8 Å². The topological polar surface area (TPSA) is 229 Å². The van der Waals surface area contributed by atoms with Gasteiger partial charge in [0, 0.05) is 72.8 Å². The second kappa shape index (κ2) is 34.2. The number of hydrogen-bond acceptors (Lipinski definition) is 14. The summed E-state index contributed by atoms with van der Waals surface area (Å²) in [7, 11) is 5.73. The van der Waals surface area contributed by atoms with Gasteiger partial charge in [-0.1, -0.05) is 42.0 Å². The second-order valence-corrected chi connectivity index (χ2v) is 20.8. The van der Waals surface area contributed by atoms with Crippen LogP contribution in [-0.4, -0.2) is 159 Å². The molecule has 81 heavy (non-hydrogen) atoms. The van der Waals surface area contributed by atoms with Crippen LogP contribution in [0.1, 0.15) is 115 Å². The van der Waals surface area contributed by atoms with Crippen molar-refractivity contribution in [2.45, 2.75) is 115 Å². The van der Waals surface area contributed by atoms with Crippen molar-refractivity contribution in [1.82, 2.24) is 20.4 Å². The van der Waals surface area contributed by atoms with Crippen molar-refractivity contribution in [3.05, 3.63) is 140 Å². The number of terminal acetylenes is 1. The Morgan fingerprint density at radius 1 is 0.617 bits per heavy atom. The van der Waals surface area contributed by atoms with Gasteiger partial charge in [0.2, 0.25) is 0 Å². The minimum Gasteiger partial charge on any atom is -0.394 e. The molecule has 4 N–H and O–H groups in total. The van der Waals surface area contributed by atoms with E-state index in [-0.39, 0.29) is 38.6 Å². The van der Waals surface area contributed by atoms with Gasteiger partial charge in [0.15, 0.2) is 35.2 Å². The van der Waals surface area contributed by atoms with Crippen LogP contribution in [0, 0.1) is 27.8 Å². The van der Waals surface area contributed by atoms with E-state index in [0.717, 1.165) is 56.4 Å². The molecule has 19 heteroatoms. The summed E-state index contributed by atoms with van der Waals surface area (Å²) < 4.78 is 34.0. The zero-order valence-electron chi connectivity index (χ0n) is 47.6. The molecule has 2 fully saturated rings. The largest absolute Gasteiger partial charge is 0.394 e. The first-order valence-electron chi connectivity index (χ1n) is 26.8. The number of carbonyl (C=O) groups is 6. The highest BCUT2D eigenvalue weighted by Crippen LogP contribution is 2.24. The van der Waals surface area contributed by atoms with Crippen LogP contribution in [0.25, 0.3) is 0 Å². The molecule has 0 radical (unpaired) electrons. The zero-order valence-corrected chi connectivity index (χ0v) is 49.7. The van der Waals surface area contributed by atoms with E-state index >= 15 is 0 Å². The standard InChI is InChI=1S/C31H38N2O7.C19H25IN2O5.C12H14O2/c1-22(19-34)39-20-25-12-10-23(11-13-25)8-9-24-14-16-26(17-15-24)29(36)33(4)31(2,30(37)32-3)27(35)21-40-28-7-5-6-18-38-28;1-19(18(25)21-2,15(23)12-27-16-6-4-5-11-26-16)22(3)17(24)13-7-9-14(20)10-8-13;1-3-11-4-6-12(7-5-11)9-14-10(2)8-13/h10-17,22,28,34H,5-7,18-21H2,1-4H3,(H,32,37);7-10,16H,4-6,11-12H2,1-3H3,(H,21,25);1,4-7,10,13H,8-9H2,2H3/t22-,28?,31-;16?,19-;10-/m111/s1. The second-order valence-electron chi connectivity index (χ2n) is 19.6. The highest BCUT2D eigenvalue weighted by molar-refractivity contribution is 14.1. The molecule has 18 nitrogen and oxygen atoms in total. The lowest BCUT2D eigenvalue weighted by molar-refractivity contribution is -0.174.